The van der Waals surface area contributed by atoms with Gasteiger partial charge in [-0.2, -0.15) is 18.4 Å². The highest BCUT2D eigenvalue weighted by Crippen LogP contribution is 2.38. The zero-order valence-corrected chi connectivity index (χ0v) is 14.4. The summed E-state index contributed by atoms with van der Waals surface area (Å²) in [6, 6.07) is 15.7. The topological polar surface area (TPSA) is 35.8 Å². The summed E-state index contributed by atoms with van der Waals surface area (Å²) < 4.78 is 40.2. The Kier molecular flexibility index (Phi) is 5.63. The maximum Gasteiger partial charge on any atom is 0.417 e. The standard InChI is InChI=1S/C21H21F3N2/c22-21(23,24)20-13-17(6-7-18(20)14-25)19(16-8-10-26-11-9-16)12-15-4-2-1-3-5-15/h1-7,13,16,19,26H,8-12H2. The Morgan fingerprint density at radius 2 is 1.77 bits per heavy atom. The molecule has 0 aliphatic carbocycles. The predicted molar refractivity (Wildman–Crippen MR) is 94.6 cm³/mol. The molecule has 2 aromatic carbocycles. The first-order valence-electron chi connectivity index (χ1n) is 8.85. The van der Waals surface area contributed by atoms with Gasteiger partial charge in [0.2, 0.25) is 0 Å². The van der Waals surface area contributed by atoms with Crippen molar-refractivity contribution < 1.29 is 13.2 Å². The zero-order chi connectivity index (χ0) is 18.6. The van der Waals surface area contributed by atoms with Crippen molar-refractivity contribution in [3.05, 3.63) is 70.8 Å². The van der Waals surface area contributed by atoms with Gasteiger partial charge in [-0.25, -0.2) is 0 Å². The van der Waals surface area contributed by atoms with Crippen LogP contribution in [0.2, 0.25) is 0 Å². The Hall–Kier alpha value is -2.32. The highest BCUT2D eigenvalue weighted by atomic mass is 19.4. The molecule has 1 saturated heterocycles. The number of nitrogens with one attached hydrogen (secondary N) is 1. The first-order chi connectivity index (χ1) is 12.5. The first kappa shape index (κ1) is 18.5. The van der Waals surface area contributed by atoms with Crippen LogP contribution in [0.3, 0.4) is 0 Å². The summed E-state index contributed by atoms with van der Waals surface area (Å²) in [6.07, 6.45) is -1.93. The van der Waals surface area contributed by atoms with Crippen molar-refractivity contribution in [2.24, 2.45) is 5.92 Å². The number of piperidine rings is 1. The lowest BCUT2D eigenvalue weighted by molar-refractivity contribution is -0.137. The monoisotopic (exact) mass is 358 g/mol. The van der Waals surface area contributed by atoms with Crippen LogP contribution in [-0.2, 0) is 12.6 Å². The smallest absolute Gasteiger partial charge is 0.317 e. The van der Waals surface area contributed by atoms with Gasteiger partial charge in [0.25, 0.3) is 0 Å². The minimum absolute atomic E-state index is 0.00772. The summed E-state index contributed by atoms with van der Waals surface area (Å²) in [7, 11) is 0. The molecule has 0 spiro atoms. The summed E-state index contributed by atoms with van der Waals surface area (Å²) in [4.78, 5) is 0. The maximum atomic E-state index is 13.4. The van der Waals surface area contributed by atoms with Gasteiger partial charge in [0.05, 0.1) is 17.2 Å². The van der Waals surface area contributed by atoms with Crippen LogP contribution in [0.5, 0.6) is 0 Å². The number of nitriles is 1. The molecule has 0 saturated carbocycles. The molecule has 1 aliphatic heterocycles. The highest BCUT2D eigenvalue weighted by molar-refractivity contribution is 5.43. The molecule has 2 aromatic rings. The van der Waals surface area contributed by atoms with Gasteiger partial charge in [-0.15, -0.1) is 0 Å². The normalized spacial score (nSPS) is 16.8. The van der Waals surface area contributed by atoms with E-state index in [-0.39, 0.29) is 11.5 Å². The minimum Gasteiger partial charge on any atom is -0.317 e. The van der Waals surface area contributed by atoms with E-state index >= 15 is 0 Å². The number of nitrogens with zero attached hydrogens (tertiary/aromatic N) is 1. The van der Waals surface area contributed by atoms with Gasteiger partial charge < -0.3 is 5.32 Å². The maximum absolute atomic E-state index is 13.4. The summed E-state index contributed by atoms with van der Waals surface area (Å²) in [5, 5.41) is 12.4. The molecule has 3 rings (SSSR count). The van der Waals surface area contributed by atoms with Crippen LogP contribution >= 0.6 is 0 Å². The number of hydrogen-bond donors (Lipinski definition) is 1. The van der Waals surface area contributed by atoms with Gasteiger partial charge in [-0.3, -0.25) is 0 Å². The van der Waals surface area contributed by atoms with Crippen molar-refractivity contribution >= 4 is 0 Å². The van der Waals surface area contributed by atoms with Crippen LogP contribution in [0.4, 0.5) is 13.2 Å². The van der Waals surface area contributed by atoms with Gasteiger partial charge in [0.1, 0.15) is 0 Å². The van der Waals surface area contributed by atoms with E-state index in [1.54, 1.807) is 12.1 Å². The summed E-state index contributed by atoms with van der Waals surface area (Å²) in [5.41, 5.74) is 0.649. The van der Waals surface area contributed by atoms with Crippen LogP contribution in [0.1, 0.15) is 41.0 Å². The van der Waals surface area contributed by atoms with E-state index in [0.717, 1.165) is 31.5 Å². The Morgan fingerprint density at radius 1 is 1.08 bits per heavy atom. The van der Waals surface area contributed by atoms with Crippen molar-refractivity contribution in [1.29, 1.82) is 5.26 Å². The summed E-state index contributed by atoms with van der Waals surface area (Å²) in [5.74, 6) is 0.332. The number of hydrogen-bond acceptors (Lipinski definition) is 2. The fourth-order valence-electron chi connectivity index (χ4n) is 3.80. The molecule has 1 aliphatic rings. The van der Waals surface area contributed by atoms with E-state index in [1.165, 1.54) is 12.1 Å². The molecule has 1 unspecified atom stereocenters. The third-order valence-electron chi connectivity index (χ3n) is 5.15. The van der Waals surface area contributed by atoms with Gasteiger partial charge in [-0.05, 0) is 67.4 Å². The van der Waals surface area contributed by atoms with Gasteiger partial charge in [-0.1, -0.05) is 36.4 Å². The fraction of sp³-hybridized carbons (Fsp3) is 0.381. The number of rotatable bonds is 4. The largest absolute Gasteiger partial charge is 0.417 e. The van der Waals surface area contributed by atoms with Crippen molar-refractivity contribution in [1.82, 2.24) is 5.32 Å². The second kappa shape index (κ2) is 7.92. The average molecular weight is 358 g/mol. The van der Waals surface area contributed by atoms with Crippen LogP contribution in [0, 0.1) is 17.2 Å². The second-order valence-electron chi connectivity index (χ2n) is 6.80. The number of halogens is 3. The third-order valence-corrected chi connectivity index (χ3v) is 5.15. The second-order valence-corrected chi connectivity index (χ2v) is 6.80. The van der Waals surface area contributed by atoms with E-state index in [2.05, 4.69) is 5.32 Å². The van der Waals surface area contributed by atoms with E-state index in [4.69, 9.17) is 5.26 Å². The molecule has 0 bridgehead atoms. The third kappa shape index (κ3) is 4.25. The van der Waals surface area contributed by atoms with Gasteiger partial charge in [0.15, 0.2) is 0 Å². The van der Waals surface area contributed by atoms with Crippen LogP contribution < -0.4 is 5.32 Å². The van der Waals surface area contributed by atoms with Gasteiger partial charge >= 0.3 is 6.18 Å². The Balaban J connectivity index is 1.99. The zero-order valence-electron chi connectivity index (χ0n) is 14.4. The minimum atomic E-state index is -4.52. The molecule has 136 valence electrons. The van der Waals surface area contributed by atoms with Crippen molar-refractivity contribution in [3.8, 4) is 6.07 Å². The molecule has 2 nitrogen and oxygen atoms in total. The molecular weight excluding hydrogens is 337 g/mol. The van der Waals surface area contributed by atoms with Crippen molar-refractivity contribution in [2.45, 2.75) is 31.4 Å². The molecule has 26 heavy (non-hydrogen) atoms. The van der Waals surface area contributed by atoms with Crippen LogP contribution in [-0.4, -0.2) is 13.1 Å². The molecule has 1 atom stereocenters. The first-order valence-corrected chi connectivity index (χ1v) is 8.85. The van der Waals surface area contributed by atoms with E-state index < -0.39 is 11.7 Å². The Bertz CT molecular complexity index is 772. The SMILES string of the molecule is N#Cc1ccc(C(Cc2ccccc2)C2CCNCC2)cc1C(F)(F)F. The van der Waals surface area contributed by atoms with Crippen LogP contribution in [0.25, 0.3) is 0 Å². The molecule has 0 radical (unpaired) electrons. The van der Waals surface area contributed by atoms with E-state index in [1.807, 2.05) is 30.3 Å². The predicted octanol–water partition coefficient (Wildman–Crippen LogP) is 4.90. The van der Waals surface area contributed by atoms with Crippen LogP contribution in [0.15, 0.2) is 48.5 Å². The Labute approximate surface area is 151 Å². The molecular formula is C21H21F3N2. The van der Waals surface area contributed by atoms with Crippen molar-refractivity contribution in [2.75, 3.05) is 13.1 Å². The molecule has 1 fully saturated rings. The molecule has 0 amide bonds. The molecule has 1 N–H and O–H groups in total. The fourth-order valence-corrected chi connectivity index (χ4v) is 3.80. The summed E-state index contributed by atoms with van der Waals surface area (Å²) >= 11 is 0. The number of benzene rings is 2. The van der Waals surface area contributed by atoms with E-state index in [9.17, 15) is 13.2 Å². The highest BCUT2D eigenvalue weighted by Gasteiger charge is 2.35. The lowest BCUT2D eigenvalue weighted by Gasteiger charge is -2.32. The number of alkyl halides is 3. The lowest BCUT2D eigenvalue weighted by atomic mass is 9.76. The Morgan fingerprint density at radius 3 is 2.38 bits per heavy atom. The quantitative estimate of drug-likeness (QED) is 0.843. The van der Waals surface area contributed by atoms with Crippen molar-refractivity contribution in [3.63, 3.8) is 0 Å². The molecule has 0 aromatic heterocycles. The van der Waals surface area contributed by atoms with Gasteiger partial charge in [0, 0.05) is 0 Å². The van der Waals surface area contributed by atoms with E-state index in [0.29, 0.717) is 17.9 Å². The lowest BCUT2D eigenvalue weighted by Crippen LogP contribution is -2.31. The summed E-state index contributed by atoms with van der Waals surface area (Å²) in [6.45, 7) is 1.77. The molecule has 5 heteroatoms. The molecule has 1 heterocycles. The average Bonchev–Trinajstić information content (AvgIpc) is 2.66.